The number of carbonyl (C=O) groups excluding carboxylic acids is 1. The molecule has 0 amide bonds. The molecular formula is C11H15F3O. The molecule has 0 heterocycles. The Labute approximate surface area is 87.4 Å². The van der Waals surface area contributed by atoms with E-state index in [0.717, 1.165) is 0 Å². The zero-order chi connectivity index (χ0) is 11.6. The lowest BCUT2D eigenvalue weighted by atomic mass is 9.78. The van der Waals surface area contributed by atoms with E-state index in [9.17, 15) is 18.0 Å². The summed E-state index contributed by atoms with van der Waals surface area (Å²) in [6.07, 6.45) is -3.26. The Morgan fingerprint density at radius 1 is 1.20 bits per heavy atom. The molecule has 0 aromatic heterocycles. The summed E-state index contributed by atoms with van der Waals surface area (Å²) in [6, 6.07) is 0. The number of ketones is 1. The maximum atomic E-state index is 12.3. The molecule has 1 fully saturated rings. The molecule has 0 N–H and O–H groups in total. The van der Waals surface area contributed by atoms with Crippen molar-refractivity contribution >= 4 is 5.78 Å². The van der Waals surface area contributed by atoms with Crippen molar-refractivity contribution < 1.29 is 18.0 Å². The van der Waals surface area contributed by atoms with Crippen molar-refractivity contribution in [2.45, 2.75) is 38.8 Å². The van der Waals surface area contributed by atoms with Crippen molar-refractivity contribution in [2.24, 2.45) is 11.8 Å². The fourth-order valence-corrected chi connectivity index (χ4v) is 2.03. The van der Waals surface area contributed by atoms with Crippen molar-refractivity contribution in [3.8, 4) is 0 Å². The van der Waals surface area contributed by atoms with E-state index in [1.54, 1.807) is 6.92 Å². The quantitative estimate of drug-likeness (QED) is 0.651. The first kappa shape index (κ1) is 12.3. The molecule has 1 nitrogen and oxygen atoms in total. The summed E-state index contributed by atoms with van der Waals surface area (Å²) in [5.74, 6) is -1.52. The van der Waals surface area contributed by atoms with Gasteiger partial charge in [-0.3, -0.25) is 4.79 Å². The number of alkyl halides is 3. The van der Waals surface area contributed by atoms with Crippen LogP contribution in [0.15, 0.2) is 12.2 Å². The molecule has 86 valence electrons. The maximum Gasteiger partial charge on any atom is 0.391 e. The van der Waals surface area contributed by atoms with Gasteiger partial charge in [0.15, 0.2) is 5.78 Å². The lowest BCUT2D eigenvalue weighted by Crippen LogP contribution is -2.30. The van der Waals surface area contributed by atoms with E-state index in [2.05, 4.69) is 6.58 Å². The van der Waals surface area contributed by atoms with E-state index < -0.39 is 12.1 Å². The van der Waals surface area contributed by atoms with E-state index in [1.165, 1.54) is 0 Å². The number of hydrogen-bond acceptors (Lipinski definition) is 1. The van der Waals surface area contributed by atoms with Crippen molar-refractivity contribution in [1.29, 1.82) is 0 Å². The third-order valence-corrected chi connectivity index (χ3v) is 2.98. The average Bonchev–Trinajstić information content (AvgIpc) is 2.15. The number of halogens is 3. The standard InChI is InChI=1S/C11H15F3O/c1-7(2)10(15)8-3-5-9(6-4-8)11(12,13)14/h8-9H,1,3-6H2,2H3. The van der Waals surface area contributed by atoms with Gasteiger partial charge >= 0.3 is 6.18 Å². The fraction of sp³-hybridized carbons (Fsp3) is 0.727. The Balaban J connectivity index is 2.50. The molecule has 0 aromatic rings. The summed E-state index contributed by atoms with van der Waals surface area (Å²) in [6.45, 7) is 5.14. The van der Waals surface area contributed by atoms with Crippen LogP contribution in [0.4, 0.5) is 13.2 Å². The summed E-state index contributed by atoms with van der Waals surface area (Å²) >= 11 is 0. The second-order valence-electron chi connectivity index (χ2n) is 4.23. The minimum atomic E-state index is -4.10. The van der Waals surface area contributed by atoms with E-state index in [0.29, 0.717) is 18.4 Å². The van der Waals surface area contributed by atoms with Crippen LogP contribution < -0.4 is 0 Å². The zero-order valence-corrected chi connectivity index (χ0v) is 8.73. The molecule has 1 aliphatic rings. The van der Waals surface area contributed by atoms with Gasteiger partial charge in [-0.15, -0.1) is 0 Å². The molecule has 15 heavy (non-hydrogen) atoms. The van der Waals surface area contributed by atoms with E-state index in [-0.39, 0.29) is 24.5 Å². The highest BCUT2D eigenvalue weighted by molar-refractivity contribution is 5.96. The SMILES string of the molecule is C=C(C)C(=O)C1CCC(C(F)(F)F)CC1. The summed E-state index contributed by atoms with van der Waals surface area (Å²) < 4.78 is 37.0. The smallest absolute Gasteiger partial charge is 0.294 e. The first-order chi connectivity index (χ1) is 6.82. The van der Waals surface area contributed by atoms with Gasteiger partial charge in [-0.1, -0.05) is 6.58 Å². The molecule has 0 radical (unpaired) electrons. The normalized spacial score (nSPS) is 27.5. The Hall–Kier alpha value is -0.800. The van der Waals surface area contributed by atoms with Crippen LogP contribution in [0.2, 0.25) is 0 Å². The van der Waals surface area contributed by atoms with E-state index in [1.807, 2.05) is 0 Å². The predicted octanol–water partition coefficient (Wildman–Crippen LogP) is 3.50. The number of Topliss-reactive ketones (excluding diaryl/α,β-unsaturated/α-hetero) is 1. The minimum Gasteiger partial charge on any atom is -0.294 e. The fourth-order valence-electron chi connectivity index (χ4n) is 2.03. The van der Waals surface area contributed by atoms with Crippen LogP contribution in [-0.2, 0) is 4.79 Å². The molecule has 0 aromatic carbocycles. The second kappa shape index (κ2) is 4.37. The molecule has 1 rings (SSSR count). The van der Waals surface area contributed by atoms with E-state index in [4.69, 9.17) is 0 Å². The van der Waals surface area contributed by atoms with Crippen LogP contribution in [0.5, 0.6) is 0 Å². The number of hydrogen-bond donors (Lipinski definition) is 0. The van der Waals surface area contributed by atoms with Crippen LogP contribution in [0.1, 0.15) is 32.6 Å². The first-order valence-corrected chi connectivity index (χ1v) is 5.08. The molecule has 4 heteroatoms. The lowest BCUT2D eigenvalue weighted by molar-refractivity contribution is -0.184. The van der Waals surface area contributed by atoms with E-state index >= 15 is 0 Å². The maximum absolute atomic E-state index is 12.3. The Morgan fingerprint density at radius 2 is 1.67 bits per heavy atom. The van der Waals surface area contributed by atoms with Crippen molar-refractivity contribution in [3.05, 3.63) is 12.2 Å². The molecule has 0 spiro atoms. The first-order valence-electron chi connectivity index (χ1n) is 5.08. The largest absolute Gasteiger partial charge is 0.391 e. The highest BCUT2D eigenvalue weighted by Crippen LogP contribution is 2.40. The minimum absolute atomic E-state index is 0.0735. The van der Waals surface area contributed by atoms with Gasteiger partial charge in [-0.05, 0) is 38.2 Å². The summed E-state index contributed by atoms with van der Waals surface area (Å²) in [7, 11) is 0. The van der Waals surface area contributed by atoms with Crippen molar-refractivity contribution in [2.75, 3.05) is 0 Å². The van der Waals surface area contributed by atoms with Gasteiger partial charge in [-0.2, -0.15) is 13.2 Å². The van der Waals surface area contributed by atoms with Crippen LogP contribution in [-0.4, -0.2) is 12.0 Å². The van der Waals surface area contributed by atoms with Gasteiger partial charge in [-0.25, -0.2) is 0 Å². The van der Waals surface area contributed by atoms with Crippen LogP contribution in [0.3, 0.4) is 0 Å². The third-order valence-electron chi connectivity index (χ3n) is 2.98. The molecule has 0 aliphatic heterocycles. The van der Waals surface area contributed by atoms with Gasteiger partial charge in [0.25, 0.3) is 0 Å². The molecular weight excluding hydrogens is 205 g/mol. The molecule has 0 bridgehead atoms. The average molecular weight is 220 g/mol. The molecule has 0 atom stereocenters. The van der Waals surface area contributed by atoms with Gasteiger partial charge in [0.05, 0.1) is 5.92 Å². The van der Waals surface area contributed by atoms with Crippen LogP contribution in [0, 0.1) is 11.8 Å². The zero-order valence-electron chi connectivity index (χ0n) is 8.73. The summed E-state index contributed by atoms with van der Waals surface area (Å²) in [5.41, 5.74) is 0.449. The lowest BCUT2D eigenvalue weighted by Gasteiger charge is -2.29. The second-order valence-corrected chi connectivity index (χ2v) is 4.23. The Bertz CT molecular complexity index is 259. The Kier molecular flexibility index (Phi) is 3.58. The number of carbonyl (C=O) groups is 1. The monoisotopic (exact) mass is 220 g/mol. The molecule has 1 aliphatic carbocycles. The number of allylic oxidation sites excluding steroid dienone is 1. The summed E-state index contributed by atoms with van der Waals surface area (Å²) in [4.78, 5) is 11.5. The van der Waals surface area contributed by atoms with Gasteiger partial charge in [0.2, 0.25) is 0 Å². The highest BCUT2D eigenvalue weighted by atomic mass is 19.4. The topological polar surface area (TPSA) is 17.1 Å². The Morgan fingerprint density at radius 3 is 2.00 bits per heavy atom. The summed E-state index contributed by atoms with van der Waals surface area (Å²) in [5, 5.41) is 0. The van der Waals surface area contributed by atoms with Crippen LogP contribution >= 0.6 is 0 Å². The number of rotatable bonds is 2. The van der Waals surface area contributed by atoms with Crippen molar-refractivity contribution in [1.82, 2.24) is 0 Å². The predicted molar refractivity (Wildman–Crippen MR) is 51.3 cm³/mol. The van der Waals surface area contributed by atoms with Crippen LogP contribution in [0.25, 0.3) is 0 Å². The molecule has 0 saturated heterocycles. The molecule has 1 saturated carbocycles. The van der Waals surface area contributed by atoms with Gasteiger partial charge in [0, 0.05) is 5.92 Å². The molecule has 0 unspecified atom stereocenters. The van der Waals surface area contributed by atoms with Crippen molar-refractivity contribution in [3.63, 3.8) is 0 Å². The van der Waals surface area contributed by atoms with Gasteiger partial charge in [0.1, 0.15) is 0 Å². The van der Waals surface area contributed by atoms with Gasteiger partial charge < -0.3 is 0 Å². The third kappa shape index (κ3) is 3.08. The highest BCUT2D eigenvalue weighted by Gasteiger charge is 2.42.